The summed E-state index contributed by atoms with van der Waals surface area (Å²) in [5.74, 6) is 0.0694. The molecular weight excluding hydrogens is 332 g/mol. The highest BCUT2D eigenvalue weighted by atomic mass is 16.6. The van der Waals surface area contributed by atoms with Gasteiger partial charge >= 0.3 is 0 Å². The Morgan fingerprint density at radius 3 is 2.23 bits per heavy atom. The van der Waals surface area contributed by atoms with E-state index in [0.717, 1.165) is 37.6 Å². The molecule has 1 aliphatic heterocycles. The zero-order chi connectivity index (χ0) is 18.5. The second kappa shape index (κ2) is 7.97. The first-order valence-corrected chi connectivity index (χ1v) is 8.58. The molecule has 1 saturated heterocycles. The number of benzene rings is 2. The van der Waals surface area contributed by atoms with Crippen LogP contribution in [0.15, 0.2) is 54.6 Å². The van der Waals surface area contributed by atoms with Crippen molar-refractivity contribution in [1.29, 1.82) is 0 Å². The number of anilines is 2. The van der Waals surface area contributed by atoms with Gasteiger partial charge < -0.3 is 9.80 Å². The number of hydrogen-bond donors (Lipinski definition) is 0. The third-order valence-corrected chi connectivity index (χ3v) is 4.67. The Bertz CT molecular complexity index is 756. The van der Waals surface area contributed by atoms with E-state index < -0.39 is 4.92 Å². The molecule has 1 heterocycles. The van der Waals surface area contributed by atoms with Gasteiger partial charge in [-0.05, 0) is 24.3 Å². The van der Waals surface area contributed by atoms with Crippen LogP contribution >= 0.6 is 0 Å². The zero-order valence-corrected chi connectivity index (χ0v) is 14.7. The number of hydrogen-bond acceptors (Lipinski definition) is 5. The lowest BCUT2D eigenvalue weighted by atomic mass is 10.2. The van der Waals surface area contributed by atoms with Crippen LogP contribution in [0.25, 0.3) is 0 Å². The van der Waals surface area contributed by atoms with Gasteiger partial charge in [-0.3, -0.25) is 19.8 Å². The van der Waals surface area contributed by atoms with E-state index in [1.807, 2.05) is 30.3 Å². The van der Waals surface area contributed by atoms with E-state index in [9.17, 15) is 14.9 Å². The molecule has 0 aliphatic carbocycles. The van der Waals surface area contributed by atoms with Gasteiger partial charge in [0.05, 0.1) is 11.5 Å². The lowest BCUT2D eigenvalue weighted by Crippen LogP contribution is -2.49. The first-order valence-electron chi connectivity index (χ1n) is 8.58. The van der Waals surface area contributed by atoms with Crippen LogP contribution < -0.4 is 9.80 Å². The monoisotopic (exact) mass is 354 g/mol. The fourth-order valence-corrected chi connectivity index (χ4v) is 3.04. The molecule has 1 amide bonds. The maximum atomic E-state index is 12.5. The molecule has 2 aromatic rings. The standard InChI is InChI=1S/C19H22N4O3/c1-20(16-5-3-2-4-6-16)19(24)15-21-11-13-22(14-12-21)17-7-9-18(10-8-17)23(25)26/h2-10H,11-15H2,1H3. The summed E-state index contributed by atoms with van der Waals surface area (Å²) in [5, 5.41) is 10.7. The Hall–Kier alpha value is -2.93. The molecule has 7 heteroatoms. The fourth-order valence-electron chi connectivity index (χ4n) is 3.04. The number of nitro benzene ring substituents is 1. The van der Waals surface area contributed by atoms with Crippen molar-refractivity contribution in [2.24, 2.45) is 0 Å². The molecule has 0 radical (unpaired) electrons. The molecule has 0 unspecified atom stereocenters. The van der Waals surface area contributed by atoms with Gasteiger partial charge in [0.15, 0.2) is 0 Å². The van der Waals surface area contributed by atoms with Gasteiger partial charge in [-0.15, -0.1) is 0 Å². The van der Waals surface area contributed by atoms with Crippen molar-refractivity contribution in [3.05, 3.63) is 64.7 Å². The van der Waals surface area contributed by atoms with Crippen molar-refractivity contribution in [3.63, 3.8) is 0 Å². The first kappa shape index (κ1) is 17.9. The predicted molar refractivity (Wildman–Crippen MR) is 102 cm³/mol. The number of nitrogens with zero attached hydrogens (tertiary/aromatic N) is 4. The molecule has 1 fully saturated rings. The zero-order valence-electron chi connectivity index (χ0n) is 14.7. The van der Waals surface area contributed by atoms with E-state index in [2.05, 4.69) is 9.80 Å². The molecule has 0 saturated carbocycles. The third-order valence-electron chi connectivity index (χ3n) is 4.67. The first-order chi connectivity index (χ1) is 12.5. The molecule has 0 bridgehead atoms. The number of piperazine rings is 1. The molecule has 2 aromatic carbocycles. The summed E-state index contributed by atoms with van der Waals surface area (Å²) in [4.78, 5) is 28.8. The number of likely N-dealkylation sites (N-methyl/N-ethyl adjacent to an activating group) is 1. The molecule has 0 aromatic heterocycles. The minimum absolute atomic E-state index is 0.0694. The van der Waals surface area contributed by atoms with Crippen LogP contribution in [-0.2, 0) is 4.79 Å². The average Bonchev–Trinajstić information content (AvgIpc) is 2.68. The predicted octanol–water partition coefficient (Wildman–Crippen LogP) is 2.38. The molecular formula is C19H22N4O3. The molecule has 0 atom stereocenters. The summed E-state index contributed by atoms with van der Waals surface area (Å²) < 4.78 is 0. The molecule has 3 rings (SSSR count). The summed E-state index contributed by atoms with van der Waals surface area (Å²) in [6, 6.07) is 16.2. The van der Waals surface area contributed by atoms with E-state index in [1.165, 1.54) is 12.1 Å². The SMILES string of the molecule is CN(C(=O)CN1CCN(c2ccc([N+](=O)[O-])cc2)CC1)c1ccccc1. The van der Waals surface area contributed by atoms with Gasteiger partial charge in [0.2, 0.25) is 5.91 Å². The van der Waals surface area contributed by atoms with Crippen molar-refractivity contribution in [2.75, 3.05) is 49.6 Å². The largest absolute Gasteiger partial charge is 0.369 e. The number of carbonyl (C=O) groups excluding carboxylic acids is 1. The maximum absolute atomic E-state index is 12.5. The van der Waals surface area contributed by atoms with E-state index in [-0.39, 0.29) is 11.6 Å². The van der Waals surface area contributed by atoms with Crippen molar-refractivity contribution in [1.82, 2.24) is 4.90 Å². The fraction of sp³-hybridized carbons (Fsp3) is 0.316. The second-order valence-corrected chi connectivity index (χ2v) is 6.33. The molecule has 0 N–H and O–H groups in total. The molecule has 0 spiro atoms. The van der Waals surface area contributed by atoms with Crippen molar-refractivity contribution in [2.45, 2.75) is 0 Å². The van der Waals surface area contributed by atoms with E-state index in [4.69, 9.17) is 0 Å². The molecule has 26 heavy (non-hydrogen) atoms. The van der Waals surface area contributed by atoms with Crippen LogP contribution in [-0.4, -0.2) is 55.5 Å². The third kappa shape index (κ3) is 4.18. The minimum Gasteiger partial charge on any atom is -0.369 e. The Kier molecular flexibility index (Phi) is 5.48. The van der Waals surface area contributed by atoms with Crippen LogP contribution in [0, 0.1) is 10.1 Å². The van der Waals surface area contributed by atoms with Crippen LogP contribution in [0.4, 0.5) is 17.1 Å². The number of amides is 1. The lowest BCUT2D eigenvalue weighted by molar-refractivity contribution is -0.384. The van der Waals surface area contributed by atoms with Crippen LogP contribution in [0.1, 0.15) is 0 Å². The van der Waals surface area contributed by atoms with Gasteiger partial charge in [-0.2, -0.15) is 0 Å². The second-order valence-electron chi connectivity index (χ2n) is 6.33. The highest BCUT2D eigenvalue weighted by Gasteiger charge is 2.21. The van der Waals surface area contributed by atoms with Gasteiger partial charge in [0, 0.05) is 56.7 Å². The Morgan fingerprint density at radius 1 is 1.04 bits per heavy atom. The molecule has 1 aliphatic rings. The Labute approximate surface area is 152 Å². The highest BCUT2D eigenvalue weighted by Crippen LogP contribution is 2.20. The summed E-state index contributed by atoms with van der Waals surface area (Å²) in [6.07, 6.45) is 0. The van der Waals surface area contributed by atoms with Gasteiger partial charge in [0.1, 0.15) is 0 Å². The smallest absolute Gasteiger partial charge is 0.269 e. The topological polar surface area (TPSA) is 69.9 Å². The number of nitro groups is 1. The van der Waals surface area contributed by atoms with Crippen LogP contribution in [0.2, 0.25) is 0 Å². The minimum atomic E-state index is -0.392. The number of carbonyl (C=O) groups is 1. The molecule has 136 valence electrons. The summed E-state index contributed by atoms with van der Waals surface area (Å²) >= 11 is 0. The Balaban J connectivity index is 1.52. The normalized spacial score (nSPS) is 14.9. The maximum Gasteiger partial charge on any atom is 0.269 e. The molecule has 7 nitrogen and oxygen atoms in total. The van der Waals surface area contributed by atoms with E-state index in [1.54, 1.807) is 24.1 Å². The van der Waals surface area contributed by atoms with Crippen molar-refractivity contribution < 1.29 is 9.72 Å². The highest BCUT2D eigenvalue weighted by molar-refractivity contribution is 5.94. The van der Waals surface area contributed by atoms with E-state index in [0.29, 0.717) is 6.54 Å². The number of para-hydroxylation sites is 1. The summed E-state index contributed by atoms with van der Waals surface area (Å²) in [5.41, 5.74) is 1.96. The van der Waals surface area contributed by atoms with Crippen molar-refractivity contribution in [3.8, 4) is 0 Å². The van der Waals surface area contributed by atoms with Crippen LogP contribution in [0.5, 0.6) is 0 Å². The number of rotatable bonds is 5. The number of non-ortho nitro benzene ring substituents is 1. The van der Waals surface area contributed by atoms with Gasteiger partial charge in [-0.1, -0.05) is 18.2 Å². The van der Waals surface area contributed by atoms with Gasteiger partial charge in [-0.25, -0.2) is 0 Å². The lowest BCUT2D eigenvalue weighted by Gasteiger charge is -2.36. The van der Waals surface area contributed by atoms with Crippen LogP contribution in [0.3, 0.4) is 0 Å². The summed E-state index contributed by atoms with van der Waals surface area (Å²) in [7, 11) is 1.80. The average molecular weight is 354 g/mol. The summed E-state index contributed by atoms with van der Waals surface area (Å²) in [6.45, 7) is 3.54. The van der Waals surface area contributed by atoms with Crippen molar-refractivity contribution >= 4 is 23.0 Å². The quantitative estimate of drug-likeness (QED) is 0.609. The van der Waals surface area contributed by atoms with Gasteiger partial charge in [0.25, 0.3) is 5.69 Å². The van der Waals surface area contributed by atoms with E-state index >= 15 is 0 Å². The Morgan fingerprint density at radius 2 is 1.65 bits per heavy atom.